The van der Waals surface area contributed by atoms with Gasteiger partial charge in [0.15, 0.2) is 0 Å². The zero-order valence-corrected chi connectivity index (χ0v) is 7.78. The Labute approximate surface area is 77.4 Å². The van der Waals surface area contributed by atoms with Gasteiger partial charge in [0.05, 0.1) is 6.20 Å². The lowest BCUT2D eigenvalue weighted by molar-refractivity contribution is 0.621. The molecule has 0 saturated heterocycles. The first-order valence-corrected chi connectivity index (χ1v) is 4.15. The van der Waals surface area contributed by atoms with Crippen LogP contribution in [-0.2, 0) is 6.42 Å². The summed E-state index contributed by atoms with van der Waals surface area (Å²) in [6, 6.07) is 1.93. The van der Waals surface area contributed by atoms with Gasteiger partial charge in [-0.05, 0) is 5.92 Å². The highest BCUT2D eigenvalue weighted by Gasteiger charge is 2.04. The van der Waals surface area contributed by atoms with Crippen molar-refractivity contribution in [3.63, 3.8) is 0 Å². The van der Waals surface area contributed by atoms with Crippen LogP contribution in [-0.4, -0.2) is 9.97 Å². The molecule has 0 bridgehead atoms. The molecule has 0 amide bonds. The summed E-state index contributed by atoms with van der Waals surface area (Å²) in [6.45, 7) is 4.16. The van der Waals surface area contributed by atoms with Gasteiger partial charge in [0.25, 0.3) is 0 Å². The monoisotopic (exact) mass is 176 g/mol. The van der Waals surface area contributed by atoms with Crippen LogP contribution >= 0.6 is 0 Å². The van der Waals surface area contributed by atoms with Crippen molar-refractivity contribution >= 4 is 5.82 Å². The highest BCUT2D eigenvalue weighted by molar-refractivity contribution is 5.46. The zero-order chi connectivity index (χ0) is 9.84. The molecule has 4 nitrogen and oxygen atoms in total. The number of hydrogen-bond acceptors (Lipinski definition) is 4. The molecule has 1 rings (SSSR count). The van der Waals surface area contributed by atoms with Crippen molar-refractivity contribution in [2.75, 3.05) is 5.73 Å². The molecule has 13 heavy (non-hydrogen) atoms. The lowest BCUT2D eigenvalue weighted by Crippen LogP contribution is -2.04. The number of hydrogen-bond donors (Lipinski definition) is 1. The standard InChI is InChI=1S/C9H12N4/c1-6(2)3-8-12-5-7(4-10)9(11)13-8/h5-6H,3H2,1-2H3,(H2,11,12,13). The summed E-state index contributed by atoms with van der Waals surface area (Å²) in [6.07, 6.45) is 2.26. The molecule has 1 heterocycles. The number of rotatable bonds is 2. The fourth-order valence-corrected chi connectivity index (χ4v) is 0.983. The second-order valence-corrected chi connectivity index (χ2v) is 3.29. The van der Waals surface area contributed by atoms with Crippen LogP contribution < -0.4 is 5.73 Å². The van der Waals surface area contributed by atoms with E-state index in [1.54, 1.807) is 0 Å². The first-order valence-electron chi connectivity index (χ1n) is 4.15. The maximum atomic E-state index is 8.58. The second kappa shape index (κ2) is 3.85. The van der Waals surface area contributed by atoms with E-state index in [4.69, 9.17) is 11.0 Å². The Morgan fingerprint density at radius 3 is 2.77 bits per heavy atom. The van der Waals surface area contributed by atoms with Gasteiger partial charge in [0, 0.05) is 6.42 Å². The fourth-order valence-electron chi connectivity index (χ4n) is 0.983. The maximum absolute atomic E-state index is 8.58. The molecule has 0 aromatic carbocycles. The van der Waals surface area contributed by atoms with Crippen LogP contribution in [0.4, 0.5) is 5.82 Å². The molecule has 0 aliphatic carbocycles. The van der Waals surface area contributed by atoms with E-state index in [1.165, 1.54) is 6.20 Å². The van der Waals surface area contributed by atoms with Gasteiger partial charge >= 0.3 is 0 Å². The Bertz CT molecular complexity index is 338. The van der Waals surface area contributed by atoms with Crippen molar-refractivity contribution in [2.24, 2.45) is 5.92 Å². The van der Waals surface area contributed by atoms with E-state index in [-0.39, 0.29) is 5.82 Å². The predicted molar refractivity (Wildman–Crippen MR) is 49.7 cm³/mol. The molecule has 0 saturated carbocycles. The molecule has 0 fully saturated rings. The van der Waals surface area contributed by atoms with Crippen LogP contribution in [0.1, 0.15) is 25.2 Å². The molecule has 0 aliphatic heterocycles. The van der Waals surface area contributed by atoms with Crippen LogP contribution in [0, 0.1) is 17.2 Å². The first kappa shape index (κ1) is 9.46. The van der Waals surface area contributed by atoms with Crippen LogP contribution in [0.2, 0.25) is 0 Å². The first-order chi connectivity index (χ1) is 6.13. The van der Waals surface area contributed by atoms with Gasteiger partial charge in [-0.15, -0.1) is 0 Å². The molecule has 0 radical (unpaired) electrons. The van der Waals surface area contributed by atoms with Crippen molar-refractivity contribution < 1.29 is 0 Å². The largest absolute Gasteiger partial charge is 0.382 e. The van der Waals surface area contributed by atoms with E-state index < -0.39 is 0 Å². The number of nitriles is 1. The second-order valence-electron chi connectivity index (χ2n) is 3.29. The fraction of sp³-hybridized carbons (Fsp3) is 0.444. The molecular weight excluding hydrogens is 164 g/mol. The molecule has 0 aliphatic rings. The molecular formula is C9H12N4. The van der Waals surface area contributed by atoms with E-state index >= 15 is 0 Å². The molecule has 4 heteroatoms. The average Bonchev–Trinajstić information content (AvgIpc) is 2.03. The number of nitrogen functional groups attached to an aromatic ring is 1. The highest BCUT2D eigenvalue weighted by Crippen LogP contribution is 2.08. The van der Waals surface area contributed by atoms with Crippen molar-refractivity contribution in [1.29, 1.82) is 5.26 Å². The van der Waals surface area contributed by atoms with Crippen LogP contribution in [0.25, 0.3) is 0 Å². The Morgan fingerprint density at radius 1 is 1.62 bits per heavy atom. The summed E-state index contributed by atoms with van der Waals surface area (Å²) < 4.78 is 0. The Kier molecular flexibility index (Phi) is 2.80. The molecule has 68 valence electrons. The van der Waals surface area contributed by atoms with Gasteiger partial charge < -0.3 is 5.73 Å². The Morgan fingerprint density at radius 2 is 2.31 bits per heavy atom. The van der Waals surface area contributed by atoms with Crippen LogP contribution in [0.5, 0.6) is 0 Å². The minimum atomic E-state index is 0.271. The van der Waals surface area contributed by atoms with Crippen LogP contribution in [0.15, 0.2) is 6.20 Å². The summed E-state index contributed by atoms with van der Waals surface area (Å²) >= 11 is 0. The molecule has 0 spiro atoms. The molecule has 1 aromatic rings. The quantitative estimate of drug-likeness (QED) is 0.732. The van der Waals surface area contributed by atoms with E-state index in [0.29, 0.717) is 17.3 Å². The summed E-state index contributed by atoms with van der Waals surface area (Å²) in [7, 11) is 0. The van der Waals surface area contributed by atoms with Gasteiger partial charge in [-0.2, -0.15) is 5.26 Å². The minimum absolute atomic E-state index is 0.271. The van der Waals surface area contributed by atoms with E-state index in [2.05, 4.69) is 23.8 Å². The van der Waals surface area contributed by atoms with E-state index in [1.807, 2.05) is 6.07 Å². The van der Waals surface area contributed by atoms with Crippen molar-refractivity contribution in [3.8, 4) is 6.07 Å². The normalized spacial score (nSPS) is 10.0. The van der Waals surface area contributed by atoms with Crippen molar-refractivity contribution in [1.82, 2.24) is 9.97 Å². The molecule has 2 N–H and O–H groups in total. The van der Waals surface area contributed by atoms with Crippen LogP contribution in [0.3, 0.4) is 0 Å². The van der Waals surface area contributed by atoms with Gasteiger partial charge in [-0.3, -0.25) is 0 Å². The molecule has 0 unspecified atom stereocenters. The lowest BCUT2D eigenvalue weighted by Gasteiger charge is -2.03. The Balaban J connectivity index is 2.91. The maximum Gasteiger partial charge on any atom is 0.145 e. The smallest absolute Gasteiger partial charge is 0.145 e. The number of nitrogens with zero attached hydrogens (tertiary/aromatic N) is 3. The summed E-state index contributed by atoms with van der Waals surface area (Å²) in [4.78, 5) is 8.07. The number of nitrogens with two attached hydrogens (primary N) is 1. The number of aromatic nitrogens is 2. The number of anilines is 1. The van der Waals surface area contributed by atoms with E-state index in [0.717, 1.165) is 6.42 Å². The summed E-state index contributed by atoms with van der Waals surface area (Å²) in [5, 5.41) is 8.58. The van der Waals surface area contributed by atoms with Gasteiger partial charge in [0.2, 0.25) is 0 Å². The summed E-state index contributed by atoms with van der Waals surface area (Å²) in [5.41, 5.74) is 5.87. The zero-order valence-electron chi connectivity index (χ0n) is 7.78. The lowest BCUT2D eigenvalue weighted by atomic mass is 10.1. The van der Waals surface area contributed by atoms with E-state index in [9.17, 15) is 0 Å². The predicted octanol–water partition coefficient (Wildman–Crippen LogP) is 1.13. The average molecular weight is 176 g/mol. The van der Waals surface area contributed by atoms with Crippen molar-refractivity contribution in [2.45, 2.75) is 20.3 Å². The van der Waals surface area contributed by atoms with Gasteiger partial charge in [0.1, 0.15) is 23.3 Å². The third kappa shape index (κ3) is 2.41. The topological polar surface area (TPSA) is 75.6 Å². The summed E-state index contributed by atoms with van der Waals surface area (Å²) in [5.74, 6) is 1.46. The van der Waals surface area contributed by atoms with Crippen molar-refractivity contribution in [3.05, 3.63) is 17.6 Å². The third-order valence-electron chi connectivity index (χ3n) is 1.58. The molecule has 1 aromatic heterocycles. The third-order valence-corrected chi connectivity index (χ3v) is 1.58. The molecule has 0 atom stereocenters. The Hall–Kier alpha value is -1.63. The van der Waals surface area contributed by atoms with Gasteiger partial charge in [-0.25, -0.2) is 9.97 Å². The van der Waals surface area contributed by atoms with Gasteiger partial charge in [-0.1, -0.05) is 13.8 Å². The highest BCUT2D eigenvalue weighted by atomic mass is 14.9. The minimum Gasteiger partial charge on any atom is -0.382 e. The SMILES string of the molecule is CC(C)Cc1ncc(C#N)c(N)n1.